The number of nitrogens with zero attached hydrogens (tertiary/aromatic N) is 1. The average molecular weight is 296 g/mol. The Bertz CT molecular complexity index is 459. The number of hydrogen-bond donors (Lipinski definition) is 1. The van der Waals surface area contributed by atoms with Crippen LogP contribution < -0.4 is 5.32 Å². The SMILES string of the molecule is COC(=O)c1sc(NCCC2CCCC(C)C2)nc1C. The Hall–Kier alpha value is -1.10. The Morgan fingerprint density at radius 3 is 3.00 bits per heavy atom. The molecule has 1 N–H and O–H groups in total. The van der Waals surface area contributed by atoms with Crippen molar-refractivity contribution in [2.24, 2.45) is 11.8 Å². The van der Waals surface area contributed by atoms with E-state index in [-0.39, 0.29) is 5.97 Å². The molecule has 0 bridgehead atoms. The summed E-state index contributed by atoms with van der Waals surface area (Å²) in [6.45, 7) is 5.13. The Morgan fingerprint density at radius 2 is 2.30 bits per heavy atom. The fourth-order valence-corrected chi connectivity index (χ4v) is 3.87. The van der Waals surface area contributed by atoms with E-state index in [9.17, 15) is 4.79 Å². The number of nitrogens with one attached hydrogen (secondary N) is 1. The lowest BCUT2D eigenvalue weighted by Crippen LogP contribution is -2.16. The highest BCUT2D eigenvalue weighted by Gasteiger charge is 2.19. The van der Waals surface area contributed by atoms with E-state index in [1.807, 2.05) is 6.92 Å². The molecule has 0 saturated heterocycles. The first-order valence-corrected chi connectivity index (χ1v) is 8.21. The Morgan fingerprint density at radius 1 is 1.50 bits per heavy atom. The van der Waals surface area contributed by atoms with Gasteiger partial charge in [-0.25, -0.2) is 9.78 Å². The van der Waals surface area contributed by atoms with Crippen molar-refractivity contribution >= 4 is 22.4 Å². The number of hydrogen-bond acceptors (Lipinski definition) is 5. The van der Waals surface area contributed by atoms with Crippen LogP contribution in [0.25, 0.3) is 0 Å². The zero-order chi connectivity index (χ0) is 14.5. The summed E-state index contributed by atoms with van der Waals surface area (Å²) in [5, 5.41) is 4.17. The lowest BCUT2D eigenvalue weighted by atomic mass is 9.81. The van der Waals surface area contributed by atoms with E-state index in [4.69, 9.17) is 4.74 Å². The second-order valence-corrected chi connectivity index (χ2v) is 6.78. The van der Waals surface area contributed by atoms with Gasteiger partial charge in [-0.3, -0.25) is 0 Å². The maximum Gasteiger partial charge on any atom is 0.350 e. The molecule has 1 heterocycles. The summed E-state index contributed by atoms with van der Waals surface area (Å²) in [7, 11) is 1.40. The summed E-state index contributed by atoms with van der Waals surface area (Å²) >= 11 is 1.38. The van der Waals surface area contributed by atoms with Crippen LogP contribution in [0.4, 0.5) is 5.13 Å². The number of ether oxygens (including phenoxy) is 1. The second kappa shape index (κ2) is 7.07. The molecule has 0 aliphatic heterocycles. The summed E-state index contributed by atoms with van der Waals surface area (Å²) in [5.74, 6) is 1.42. The van der Waals surface area contributed by atoms with E-state index in [0.29, 0.717) is 4.88 Å². The van der Waals surface area contributed by atoms with Gasteiger partial charge in [0.1, 0.15) is 4.88 Å². The number of thiazole rings is 1. The first-order chi connectivity index (χ1) is 9.60. The van der Waals surface area contributed by atoms with Gasteiger partial charge in [-0.2, -0.15) is 0 Å². The highest BCUT2D eigenvalue weighted by molar-refractivity contribution is 7.17. The van der Waals surface area contributed by atoms with Crippen molar-refractivity contribution in [1.82, 2.24) is 4.98 Å². The lowest BCUT2D eigenvalue weighted by molar-refractivity contribution is 0.0605. The van der Waals surface area contributed by atoms with Crippen LogP contribution in [0.5, 0.6) is 0 Å². The van der Waals surface area contributed by atoms with Crippen molar-refractivity contribution in [3.8, 4) is 0 Å². The Kier molecular flexibility index (Phi) is 5.40. The molecule has 20 heavy (non-hydrogen) atoms. The number of aromatic nitrogens is 1. The molecule has 0 spiro atoms. The van der Waals surface area contributed by atoms with E-state index in [1.54, 1.807) is 0 Å². The molecule has 1 fully saturated rings. The predicted molar refractivity (Wildman–Crippen MR) is 82.4 cm³/mol. The normalized spacial score (nSPS) is 22.6. The number of rotatable bonds is 5. The summed E-state index contributed by atoms with van der Waals surface area (Å²) in [6, 6.07) is 0. The zero-order valence-electron chi connectivity index (χ0n) is 12.6. The molecular weight excluding hydrogens is 272 g/mol. The summed E-state index contributed by atoms with van der Waals surface area (Å²) in [4.78, 5) is 16.5. The predicted octanol–water partition coefficient (Wildman–Crippen LogP) is 3.87. The summed E-state index contributed by atoms with van der Waals surface area (Å²) in [6.07, 6.45) is 6.66. The maximum atomic E-state index is 11.5. The van der Waals surface area contributed by atoms with E-state index in [1.165, 1.54) is 50.6 Å². The van der Waals surface area contributed by atoms with Crippen molar-refractivity contribution in [3.05, 3.63) is 10.6 Å². The molecule has 5 heteroatoms. The number of methoxy groups -OCH3 is 1. The molecule has 1 aliphatic carbocycles. The monoisotopic (exact) mass is 296 g/mol. The fraction of sp³-hybridized carbons (Fsp3) is 0.733. The molecule has 1 saturated carbocycles. The van der Waals surface area contributed by atoms with Crippen LogP contribution in [-0.4, -0.2) is 24.6 Å². The zero-order valence-corrected chi connectivity index (χ0v) is 13.4. The molecule has 0 amide bonds. The van der Waals surface area contributed by atoms with Crippen LogP contribution in [-0.2, 0) is 4.74 Å². The smallest absolute Gasteiger partial charge is 0.350 e. The fourth-order valence-electron chi connectivity index (χ4n) is 2.96. The number of esters is 1. The minimum atomic E-state index is -0.297. The van der Waals surface area contributed by atoms with Gasteiger partial charge in [0.15, 0.2) is 5.13 Å². The van der Waals surface area contributed by atoms with Crippen LogP contribution in [0.3, 0.4) is 0 Å². The van der Waals surface area contributed by atoms with Crippen LogP contribution in [0, 0.1) is 18.8 Å². The van der Waals surface area contributed by atoms with E-state index >= 15 is 0 Å². The molecule has 112 valence electrons. The third kappa shape index (κ3) is 3.95. The Balaban J connectivity index is 1.81. The van der Waals surface area contributed by atoms with Gasteiger partial charge in [-0.05, 0) is 31.6 Å². The molecule has 0 radical (unpaired) electrons. The molecule has 1 aromatic rings. The van der Waals surface area contributed by atoms with Gasteiger partial charge in [-0.15, -0.1) is 0 Å². The number of anilines is 1. The molecule has 4 nitrogen and oxygen atoms in total. The highest BCUT2D eigenvalue weighted by atomic mass is 32.1. The molecule has 1 aliphatic rings. The van der Waals surface area contributed by atoms with Crippen LogP contribution in [0.2, 0.25) is 0 Å². The standard InChI is InChI=1S/C15H24N2O2S/c1-10-5-4-6-12(9-10)7-8-16-15-17-11(2)13(20-15)14(18)19-3/h10,12H,4-9H2,1-3H3,(H,16,17). The number of carbonyl (C=O) groups is 1. The minimum Gasteiger partial charge on any atom is -0.465 e. The first kappa shape index (κ1) is 15.3. The molecule has 1 aromatic heterocycles. The molecule has 2 atom stereocenters. The summed E-state index contributed by atoms with van der Waals surface area (Å²) < 4.78 is 4.75. The maximum absolute atomic E-state index is 11.5. The van der Waals surface area contributed by atoms with E-state index in [0.717, 1.165) is 29.2 Å². The van der Waals surface area contributed by atoms with Crippen LogP contribution in [0.15, 0.2) is 0 Å². The van der Waals surface area contributed by atoms with Gasteiger partial charge in [0.05, 0.1) is 12.8 Å². The highest BCUT2D eigenvalue weighted by Crippen LogP contribution is 2.31. The van der Waals surface area contributed by atoms with Gasteiger partial charge in [0.25, 0.3) is 0 Å². The van der Waals surface area contributed by atoms with Crippen molar-refractivity contribution in [2.75, 3.05) is 19.0 Å². The van der Waals surface area contributed by atoms with Gasteiger partial charge in [-0.1, -0.05) is 37.5 Å². The number of aryl methyl sites for hydroxylation is 1. The lowest BCUT2D eigenvalue weighted by Gasteiger charge is -2.26. The van der Waals surface area contributed by atoms with Crippen molar-refractivity contribution in [3.63, 3.8) is 0 Å². The Labute approximate surface area is 124 Å². The summed E-state index contributed by atoms with van der Waals surface area (Å²) in [5.41, 5.74) is 0.746. The van der Waals surface area contributed by atoms with Crippen molar-refractivity contribution in [2.45, 2.75) is 46.0 Å². The molecule has 2 unspecified atom stereocenters. The van der Waals surface area contributed by atoms with Gasteiger partial charge in [0, 0.05) is 6.54 Å². The molecule has 2 rings (SSSR count). The van der Waals surface area contributed by atoms with Crippen molar-refractivity contribution in [1.29, 1.82) is 0 Å². The minimum absolute atomic E-state index is 0.297. The second-order valence-electron chi connectivity index (χ2n) is 5.78. The third-order valence-corrected chi connectivity index (χ3v) is 5.14. The van der Waals surface area contributed by atoms with Crippen LogP contribution in [0.1, 0.15) is 54.4 Å². The molecule has 0 aromatic carbocycles. The van der Waals surface area contributed by atoms with Gasteiger partial charge >= 0.3 is 5.97 Å². The first-order valence-electron chi connectivity index (χ1n) is 7.39. The van der Waals surface area contributed by atoms with Gasteiger partial charge in [0.2, 0.25) is 0 Å². The topological polar surface area (TPSA) is 51.2 Å². The average Bonchev–Trinajstić information content (AvgIpc) is 2.79. The molecular formula is C15H24N2O2S. The van der Waals surface area contributed by atoms with E-state index in [2.05, 4.69) is 17.2 Å². The van der Waals surface area contributed by atoms with Crippen molar-refractivity contribution < 1.29 is 9.53 Å². The van der Waals surface area contributed by atoms with E-state index < -0.39 is 0 Å². The van der Waals surface area contributed by atoms with Gasteiger partial charge < -0.3 is 10.1 Å². The third-order valence-electron chi connectivity index (χ3n) is 4.04. The quantitative estimate of drug-likeness (QED) is 0.838. The van der Waals surface area contributed by atoms with Crippen LogP contribution >= 0.6 is 11.3 Å². The number of carbonyl (C=O) groups excluding carboxylic acids is 1. The largest absolute Gasteiger partial charge is 0.465 e.